The molecule has 160 valence electrons. The predicted molar refractivity (Wildman–Crippen MR) is 109 cm³/mol. The molecule has 0 spiro atoms. The summed E-state index contributed by atoms with van der Waals surface area (Å²) in [6.07, 6.45) is -1.07. The van der Waals surface area contributed by atoms with Crippen LogP contribution in [0.25, 0.3) is 0 Å². The number of rotatable bonds is 3. The highest BCUT2D eigenvalue weighted by molar-refractivity contribution is 6.10. The monoisotopic (exact) mass is 426 g/mol. The zero-order chi connectivity index (χ0) is 22.0. The van der Waals surface area contributed by atoms with Crippen molar-refractivity contribution in [2.45, 2.75) is 44.8 Å². The van der Waals surface area contributed by atoms with Crippen LogP contribution in [0, 0.1) is 12.8 Å². The number of fused-ring (bicyclic) bond motifs is 1. The molecule has 7 heteroatoms. The van der Waals surface area contributed by atoms with Gasteiger partial charge in [0.05, 0.1) is 17.8 Å². The number of aromatic nitrogens is 1. The van der Waals surface area contributed by atoms with Gasteiger partial charge in [-0.3, -0.25) is 4.79 Å². The van der Waals surface area contributed by atoms with Crippen LogP contribution in [0.3, 0.4) is 0 Å². The van der Waals surface area contributed by atoms with Crippen molar-refractivity contribution >= 4 is 11.6 Å². The largest absolute Gasteiger partial charge is 0.416 e. The lowest BCUT2D eigenvalue weighted by Gasteiger charge is -2.46. The lowest BCUT2D eigenvalue weighted by molar-refractivity contribution is -0.138. The maximum atomic E-state index is 13.5. The van der Waals surface area contributed by atoms with Gasteiger partial charge in [-0.1, -0.05) is 30.3 Å². The van der Waals surface area contributed by atoms with E-state index in [1.807, 2.05) is 25.1 Å². The van der Waals surface area contributed by atoms with E-state index in [2.05, 4.69) is 12.1 Å². The number of anilines is 1. The minimum Gasteiger partial charge on any atom is -0.364 e. The van der Waals surface area contributed by atoms with Gasteiger partial charge in [0.25, 0.3) is 5.91 Å². The Labute approximate surface area is 177 Å². The van der Waals surface area contributed by atoms with Crippen LogP contribution in [-0.2, 0) is 18.1 Å². The summed E-state index contributed by atoms with van der Waals surface area (Å²) in [5.41, 5.74) is 2.53. The van der Waals surface area contributed by atoms with E-state index in [1.54, 1.807) is 12.3 Å². The van der Waals surface area contributed by atoms with Crippen molar-refractivity contribution in [3.05, 3.63) is 82.2 Å². The van der Waals surface area contributed by atoms with Crippen molar-refractivity contribution in [2.24, 2.45) is 5.92 Å². The molecule has 0 unspecified atom stereocenters. The molecule has 1 aliphatic carbocycles. The van der Waals surface area contributed by atoms with Crippen molar-refractivity contribution in [1.29, 1.82) is 0 Å². The number of benzene rings is 2. The molecular formula is C24H21F3N2O2. The van der Waals surface area contributed by atoms with E-state index in [0.29, 0.717) is 11.6 Å². The van der Waals surface area contributed by atoms with Crippen molar-refractivity contribution < 1.29 is 22.5 Å². The Bertz CT molecular complexity index is 1180. The fourth-order valence-corrected chi connectivity index (χ4v) is 5.22. The smallest absolute Gasteiger partial charge is 0.364 e. The van der Waals surface area contributed by atoms with Crippen LogP contribution in [0.4, 0.5) is 18.9 Å². The Morgan fingerprint density at radius 2 is 1.90 bits per heavy atom. The molecule has 2 heterocycles. The van der Waals surface area contributed by atoms with E-state index in [4.69, 9.17) is 4.52 Å². The van der Waals surface area contributed by atoms with E-state index in [1.165, 1.54) is 17.0 Å². The highest BCUT2D eigenvalue weighted by Gasteiger charge is 2.48. The zero-order valence-electron chi connectivity index (χ0n) is 17.2. The van der Waals surface area contributed by atoms with E-state index in [9.17, 15) is 18.0 Å². The van der Waals surface area contributed by atoms with Gasteiger partial charge >= 0.3 is 6.18 Å². The molecule has 0 radical (unpaired) electrons. The molecule has 0 saturated heterocycles. The van der Waals surface area contributed by atoms with Gasteiger partial charge in [-0.2, -0.15) is 13.2 Å². The Kier molecular flexibility index (Phi) is 4.29. The molecule has 5 rings (SSSR count). The number of alkyl halides is 3. The first-order valence-electron chi connectivity index (χ1n) is 10.2. The van der Waals surface area contributed by atoms with Gasteiger partial charge in [0.15, 0.2) is 0 Å². The number of nitrogens with zero attached hydrogens (tertiary/aromatic N) is 2. The summed E-state index contributed by atoms with van der Waals surface area (Å²) in [7, 11) is 0. The SMILES string of the molecule is Cc1conc1C1(c2cccc(N3Cc4c(cccc4C(F)(F)F)C3=O)c2)CC(C)C1. The predicted octanol–water partition coefficient (Wildman–Crippen LogP) is 5.88. The second-order valence-corrected chi connectivity index (χ2v) is 8.71. The first kappa shape index (κ1) is 19.8. The lowest BCUT2D eigenvalue weighted by Crippen LogP contribution is -2.42. The highest BCUT2D eigenvalue weighted by atomic mass is 19.4. The van der Waals surface area contributed by atoms with E-state index >= 15 is 0 Å². The maximum Gasteiger partial charge on any atom is 0.416 e. The Hall–Kier alpha value is -3.09. The topological polar surface area (TPSA) is 46.3 Å². The summed E-state index contributed by atoms with van der Waals surface area (Å²) in [5.74, 6) is 0.110. The van der Waals surface area contributed by atoms with Crippen molar-refractivity contribution in [3.63, 3.8) is 0 Å². The van der Waals surface area contributed by atoms with Crippen molar-refractivity contribution in [2.75, 3.05) is 4.90 Å². The van der Waals surface area contributed by atoms with Gasteiger partial charge in [-0.25, -0.2) is 0 Å². The van der Waals surface area contributed by atoms with Gasteiger partial charge in [0.2, 0.25) is 0 Å². The molecule has 1 fully saturated rings. The number of hydrogen-bond acceptors (Lipinski definition) is 3. The fourth-order valence-electron chi connectivity index (χ4n) is 5.22. The number of amides is 1. The summed E-state index contributed by atoms with van der Waals surface area (Å²) in [6, 6.07) is 11.3. The Morgan fingerprint density at radius 1 is 1.16 bits per heavy atom. The summed E-state index contributed by atoms with van der Waals surface area (Å²) >= 11 is 0. The minimum atomic E-state index is -4.50. The second kappa shape index (κ2) is 6.70. The molecule has 1 aromatic heterocycles. The summed E-state index contributed by atoms with van der Waals surface area (Å²) in [6.45, 7) is 4.04. The van der Waals surface area contributed by atoms with Crippen LogP contribution in [0.1, 0.15) is 58.1 Å². The average Bonchev–Trinajstić information content (AvgIpc) is 3.28. The molecule has 2 aliphatic rings. The molecule has 1 amide bonds. The zero-order valence-corrected chi connectivity index (χ0v) is 17.2. The molecule has 4 nitrogen and oxygen atoms in total. The molecule has 31 heavy (non-hydrogen) atoms. The quantitative estimate of drug-likeness (QED) is 0.526. The third-order valence-electron chi connectivity index (χ3n) is 6.58. The molecule has 3 aromatic rings. The lowest BCUT2D eigenvalue weighted by atomic mass is 9.57. The van der Waals surface area contributed by atoms with E-state index < -0.39 is 17.6 Å². The first-order chi connectivity index (χ1) is 14.7. The Morgan fingerprint density at radius 3 is 2.55 bits per heavy atom. The minimum absolute atomic E-state index is 0.0322. The normalized spacial score (nSPS) is 23.1. The maximum absolute atomic E-state index is 13.5. The van der Waals surface area contributed by atoms with Crippen LogP contribution in [-0.4, -0.2) is 11.1 Å². The van der Waals surface area contributed by atoms with Gasteiger partial charge in [0.1, 0.15) is 6.26 Å². The first-order valence-corrected chi connectivity index (χ1v) is 10.2. The third kappa shape index (κ3) is 2.98. The summed E-state index contributed by atoms with van der Waals surface area (Å²) in [5, 5.41) is 4.25. The van der Waals surface area contributed by atoms with Gasteiger partial charge in [0, 0.05) is 22.2 Å². The number of halogens is 3. The molecule has 1 saturated carbocycles. The third-order valence-corrected chi connectivity index (χ3v) is 6.58. The van der Waals surface area contributed by atoms with E-state index in [0.717, 1.165) is 35.7 Å². The summed E-state index contributed by atoms with van der Waals surface area (Å²) < 4.78 is 45.6. The molecular weight excluding hydrogens is 405 g/mol. The highest BCUT2D eigenvalue weighted by Crippen LogP contribution is 2.53. The second-order valence-electron chi connectivity index (χ2n) is 8.71. The number of aryl methyl sites for hydroxylation is 1. The number of carbonyl (C=O) groups is 1. The van der Waals surface area contributed by atoms with Crippen molar-refractivity contribution in [1.82, 2.24) is 5.16 Å². The van der Waals surface area contributed by atoms with Gasteiger partial charge in [-0.05, 0) is 61.1 Å². The fraction of sp³-hybridized carbons (Fsp3) is 0.333. The van der Waals surface area contributed by atoms with E-state index in [-0.39, 0.29) is 23.1 Å². The molecule has 0 bridgehead atoms. The Balaban J connectivity index is 1.55. The van der Waals surface area contributed by atoms with Crippen LogP contribution < -0.4 is 4.90 Å². The van der Waals surface area contributed by atoms with Crippen LogP contribution >= 0.6 is 0 Å². The molecule has 0 N–H and O–H groups in total. The van der Waals surface area contributed by atoms with Crippen LogP contribution in [0.5, 0.6) is 0 Å². The van der Waals surface area contributed by atoms with Gasteiger partial charge in [-0.15, -0.1) is 0 Å². The van der Waals surface area contributed by atoms with Crippen LogP contribution in [0.2, 0.25) is 0 Å². The standard InChI is InChI=1S/C24H21F3N2O2/c1-14-10-23(11-14,21-15(2)13-31-28-21)16-5-3-6-17(9-16)29-12-19-18(22(29)30)7-4-8-20(19)24(25,26)27/h3-9,13-14H,10-12H2,1-2H3. The molecule has 2 aromatic carbocycles. The van der Waals surface area contributed by atoms with Gasteiger partial charge < -0.3 is 9.42 Å². The van der Waals surface area contributed by atoms with Crippen LogP contribution in [0.15, 0.2) is 53.3 Å². The average molecular weight is 426 g/mol. The van der Waals surface area contributed by atoms with Crippen molar-refractivity contribution in [3.8, 4) is 0 Å². The number of carbonyl (C=O) groups excluding carboxylic acids is 1. The molecule has 1 aliphatic heterocycles. The molecule has 0 atom stereocenters. The summed E-state index contributed by atoms with van der Waals surface area (Å²) in [4.78, 5) is 14.4. The number of hydrogen-bond donors (Lipinski definition) is 0.